The normalized spacial score (nSPS) is 11.1. The topological polar surface area (TPSA) is 39.8 Å². The summed E-state index contributed by atoms with van der Waals surface area (Å²) in [6.07, 6.45) is 1.29. The van der Waals surface area contributed by atoms with Crippen LogP contribution in [0, 0.1) is 16.8 Å². The second kappa shape index (κ2) is 6.76. The average Bonchev–Trinajstić information content (AvgIpc) is 2.62. The van der Waals surface area contributed by atoms with Crippen molar-refractivity contribution in [1.82, 2.24) is 4.98 Å². The highest BCUT2D eigenvalue weighted by atomic mass is 35.5. The monoisotopic (exact) mass is 402 g/mol. The minimum atomic E-state index is -0.739. The van der Waals surface area contributed by atoms with Crippen LogP contribution in [0.25, 0.3) is 33.3 Å². The van der Waals surface area contributed by atoms with Crippen LogP contribution < -0.4 is 4.73 Å². The Hall–Kier alpha value is -2.76. The second-order valence-corrected chi connectivity index (χ2v) is 6.64. The molecule has 0 amide bonds. The molecule has 0 aliphatic rings. The van der Waals surface area contributed by atoms with Gasteiger partial charge in [0.05, 0.1) is 10.6 Å². The van der Waals surface area contributed by atoms with Crippen molar-refractivity contribution < 1.29 is 13.5 Å². The minimum absolute atomic E-state index is 0.0701. The standard InChI is InChI=1S/C20H10Cl2F2N2O/c21-16-4-2-1-3-14(16)20-19-13(7-8-26(20)27)15(10-18(22)25-19)12-6-5-11(23)9-17(12)24/h1-10H. The Kier molecular flexibility index (Phi) is 4.42. The van der Waals surface area contributed by atoms with Crippen LogP contribution in [-0.2, 0) is 0 Å². The summed E-state index contributed by atoms with van der Waals surface area (Å²) in [4.78, 5) is 4.28. The predicted octanol–water partition coefficient (Wildman–Crippen LogP) is 5.79. The molecule has 27 heavy (non-hydrogen) atoms. The van der Waals surface area contributed by atoms with E-state index in [9.17, 15) is 14.0 Å². The fourth-order valence-electron chi connectivity index (χ4n) is 3.02. The molecule has 2 aromatic heterocycles. The van der Waals surface area contributed by atoms with Crippen molar-refractivity contribution in [3.63, 3.8) is 0 Å². The zero-order chi connectivity index (χ0) is 19.1. The third kappa shape index (κ3) is 3.09. The van der Waals surface area contributed by atoms with Gasteiger partial charge in [-0.05, 0) is 35.9 Å². The zero-order valence-electron chi connectivity index (χ0n) is 13.6. The van der Waals surface area contributed by atoms with E-state index in [1.54, 1.807) is 24.3 Å². The van der Waals surface area contributed by atoms with Gasteiger partial charge in [-0.25, -0.2) is 13.8 Å². The van der Waals surface area contributed by atoms with E-state index < -0.39 is 11.6 Å². The van der Waals surface area contributed by atoms with Gasteiger partial charge in [0.25, 0.3) is 5.69 Å². The summed E-state index contributed by atoms with van der Waals surface area (Å²) in [5, 5.41) is 13.4. The summed E-state index contributed by atoms with van der Waals surface area (Å²) >= 11 is 12.4. The summed E-state index contributed by atoms with van der Waals surface area (Å²) in [5.41, 5.74) is 1.49. The van der Waals surface area contributed by atoms with Crippen LogP contribution in [0.5, 0.6) is 0 Å². The third-order valence-electron chi connectivity index (χ3n) is 4.20. The van der Waals surface area contributed by atoms with Crippen LogP contribution in [0.4, 0.5) is 8.78 Å². The summed E-state index contributed by atoms with van der Waals surface area (Å²) in [5.74, 6) is -1.42. The van der Waals surface area contributed by atoms with Crippen molar-refractivity contribution in [2.45, 2.75) is 0 Å². The van der Waals surface area contributed by atoms with Gasteiger partial charge in [0.15, 0.2) is 6.20 Å². The van der Waals surface area contributed by atoms with Crippen LogP contribution in [-0.4, -0.2) is 4.98 Å². The number of benzene rings is 2. The van der Waals surface area contributed by atoms with Crippen LogP contribution in [0.3, 0.4) is 0 Å². The maximum atomic E-state index is 14.4. The molecule has 0 fully saturated rings. The lowest BCUT2D eigenvalue weighted by atomic mass is 9.99. The number of pyridine rings is 2. The lowest BCUT2D eigenvalue weighted by Gasteiger charge is -2.12. The number of hydrogen-bond acceptors (Lipinski definition) is 2. The second-order valence-electron chi connectivity index (χ2n) is 5.85. The van der Waals surface area contributed by atoms with Gasteiger partial charge in [-0.15, -0.1) is 0 Å². The lowest BCUT2D eigenvalue weighted by molar-refractivity contribution is -0.592. The van der Waals surface area contributed by atoms with Crippen LogP contribution in [0.15, 0.2) is 60.8 Å². The lowest BCUT2D eigenvalue weighted by Crippen LogP contribution is -2.29. The summed E-state index contributed by atoms with van der Waals surface area (Å²) < 4.78 is 28.3. The van der Waals surface area contributed by atoms with Gasteiger partial charge in [0.2, 0.25) is 0 Å². The van der Waals surface area contributed by atoms with E-state index in [1.165, 1.54) is 24.4 Å². The van der Waals surface area contributed by atoms with E-state index in [4.69, 9.17) is 23.2 Å². The fourth-order valence-corrected chi connectivity index (χ4v) is 3.44. The number of nitrogens with zero attached hydrogens (tertiary/aromatic N) is 2. The first-order chi connectivity index (χ1) is 13.0. The Morgan fingerprint density at radius 3 is 2.41 bits per heavy atom. The quantitative estimate of drug-likeness (QED) is 0.242. The molecule has 0 atom stereocenters. The van der Waals surface area contributed by atoms with Gasteiger partial charge in [0, 0.05) is 23.1 Å². The predicted molar refractivity (Wildman–Crippen MR) is 102 cm³/mol. The van der Waals surface area contributed by atoms with E-state index in [2.05, 4.69) is 4.98 Å². The van der Waals surface area contributed by atoms with E-state index in [0.29, 0.717) is 26.3 Å². The molecular weight excluding hydrogens is 393 g/mol. The first-order valence-corrected chi connectivity index (χ1v) is 8.64. The van der Waals surface area contributed by atoms with Crippen LogP contribution in [0.2, 0.25) is 10.2 Å². The van der Waals surface area contributed by atoms with Crippen molar-refractivity contribution in [1.29, 1.82) is 0 Å². The zero-order valence-corrected chi connectivity index (χ0v) is 15.1. The molecule has 0 aliphatic carbocycles. The number of halogens is 4. The van der Waals surface area contributed by atoms with Crippen LogP contribution >= 0.6 is 23.2 Å². The van der Waals surface area contributed by atoms with Crippen LogP contribution in [0.1, 0.15) is 0 Å². The van der Waals surface area contributed by atoms with Gasteiger partial charge in [-0.3, -0.25) is 0 Å². The molecule has 4 aromatic rings. The molecular formula is C20H10Cl2F2N2O. The minimum Gasteiger partial charge on any atom is -0.618 e. The molecule has 0 saturated heterocycles. The molecule has 0 bridgehead atoms. The SMILES string of the molecule is [O-][n+]1ccc2c(-c3ccc(F)cc3F)cc(Cl)nc2c1-c1ccccc1Cl. The Bertz CT molecular complexity index is 1200. The molecule has 0 N–H and O–H groups in total. The molecule has 0 radical (unpaired) electrons. The van der Waals surface area contributed by atoms with E-state index in [0.717, 1.165) is 12.1 Å². The maximum absolute atomic E-state index is 14.4. The van der Waals surface area contributed by atoms with Crippen molar-refractivity contribution in [2.24, 2.45) is 0 Å². The van der Waals surface area contributed by atoms with E-state index >= 15 is 0 Å². The van der Waals surface area contributed by atoms with Crippen molar-refractivity contribution in [3.8, 4) is 22.4 Å². The van der Waals surface area contributed by atoms with Crippen molar-refractivity contribution in [2.75, 3.05) is 0 Å². The molecule has 134 valence electrons. The highest BCUT2D eigenvalue weighted by molar-refractivity contribution is 6.33. The Morgan fingerprint density at radius 2 is 1.67 bits per heavy atom. The highest BCUT2D eigenvalue weighted by Crippen LogP contribution is 2.36. The maximum Gasteiger partial charge on any atom is 0.251 e. The molecule has 0 aliphatic heterocycles. The molecule has 0 spiro atoms. The summed E-state index contributed by atoms with van der Waals surface area (Å²) in [6.45, 7) is 0. The smallest absolute Gasteiger partial charge is 0.251 e. The van der Waals surface area contributed by atoms with E-state index in [1.807, 2.05) is 0 Å². The molecule has 7 heteroatoms. The first-order valence-electron chi connectivity index (χ1n) is 7.88. The number of hydrogen-bond donors (Lipinski definition) is 0. The van der Waals surface area contributed by atoms with Gasteiger partial charge in [0.1, 0.15) is 22.3 Å². The van der Waals surface area contributed by atoms with Gasteiger partial charge in [-0.2, -0.15) is 4.73 Å². The van der Waals surface area contributed by atoms with Gasteiger partial charge < -0.3 is 5.21 Å². The Morgan fingerprint density at radius 1 is 0.889 bits per heavy atom. The third-order valence-corrected chi connectivity index (χ3v) is 4.72. The van der Waals surface area contributed by atoms with Crippen molar-refractivity contribution >= 4 is 34.1 Å². The molecule has 0 unspecified atom stereocenters. The van der Waals surface area contributed by atoms with Gasteiger partial charge >= 0.3 is 0 Å². The largest absolute Gasteiger partial charge is 0.618 e. The van der Waals surface area contributed by atoms with E-state index in [-0.39, 0.29) is 21.9 Å². The Labute approximate surface area is 163 Å². The summed E-state index contributed by atoms with van der Waals surface area (Å²) in [6, 6.07) is 13.1. The number of aromatic nitrogens is 2. The molecule has 2 heterocycles. The highest BCUT2D eigenvalue weighted by Gasteiger charge is 2.22. The summed E-state index contributed by atoms with van der Waals surface area (Å²) in [7, 11) is 0. The first kappa shape index (κ1) is 17.6. The molecule has 0 saturated carbocycles. The number of rotatable bonds is 2. The molecule has 2 aromatic carbocycles. The average molecular weight is 403 g/mol. The molecule has 4 rings (SSSR count). The fraction of sp³-hybridized carbons (Fsp3) is 0. The molecule has 3 nitrogen and oxygen atoms in total. The number of fused-ring (bicyclic) bond motifs is 1. The Balaban J connectivity index is 2.10. The van der Waals surface area contributed by atoms with Gasteiger partial charge in [-0.1, -0.05) is 35.3 Å². The van der Waals surface area contributed by atoms with Crippen molar-refractivity contribution in [3.05, 3.63) is 87.8 Å².